The predicted molar refractivity (Wildman–Crippen MR) is 54.8 cm³/mol. The quantitative estimate of drug-likeness (QED) is 0.754. The highest BCUT2D eigenvalue weighted by Gasteiger charge is 2.10. The first kappa shape index (κ1) is 9.67. The third-order valence-electron chi connectivity index (χ3n) is 2.03. The summed E-state index contributed by atoms with van der Waals surface area (Å²) >= 11 is 0. The van der Waals surface area contributed by atoms with E-state index < -0.39 is 6.10 Å². The van der Waals surface area contributed by atoms with Gasteiger partial charge in [-0.2, -0.15) is 4.68 Å². The van der Waals surface area contributed by atoms with Crippen molar-refractivity contribution >= 4 is 0 Å². The van der Waals surface area contributed by atoms with Crippen LogP contribution in [0.1, 0.15) is 18.9 Å². The van der Waals surface area contributed by atoms with Crippen molar-refractivity contribution in [2.24, 2.45) is 0 Å². The molecule has 2 N–H and O–H groups in total. The summed E-state index contributed by atoms with van der Waals surface area (Å²) in [4.78, 5) is 14.0. The molecule has 0 bridgehead atoms. The van der Waals surface area contributed by atoms with Gasteiger partial charge in [-0.05, 0) is 19.1 Å². The minimum Gasteiger partial charge on any atom is -0.385 e. The first-order valence-corrected chi connectivity index (χ1v) is 4.61. The third kappa shape index (κ3) is 1.82. The molecule has 0 radical (unpaired) electrons. The number of rotatable bonds is 2. The van der Waals surface area contributed by atoms with E-state index >= 15 is 0 Å². The number of H-pyrrole nitrogens is 1. The van der Waals surface area contributed by atoms with E-state index in [2.05, 4.69) is 10.1 Å². The van der Waals surface area contributed by atoms with E-state index in [1.807, 2.05) is 18.2 Å². The molecule has 1 atom stereocenters. The fourth-order valence-corrected chi connectivity index (χ4v) is 1.27. The molecule has 0 saturated heterocycles. The zero-order valence-electron chi connectivity index (χ0n) is 8.21. The van der Waals surface area contributed by atoms with Crippen molar-refractivity contribution in [3.05, 3.63) is 46.6 Å². The molecule has 2 aromatic rings. The lowest BCUT2D eigenvalue weighted by atomic mass is 10.3. The van der Waals surface area contributed by atoms with E-state index in [-0.39, 0.29) is 11.5 Å². The second-order valence-corrected chi connectivity index (χ2v) is 3.24. The van der Waals surface area contributed by atoms with Crippen LogP contribution in [0.3, 0.4) is 0 Å². The van der Waals surface area contributed by atoms with Gasteiger partial charge >= 0.3 is 5.69 Å². The average molecular weight is 205 g/mol. The lowest BCUT2D eigenvalue weighted by Crippen LogP contribution is -2.15. The third-order valence-corrected chi connectivity index (χ3v) is 2.03. The number of nitrogens with zero attached hydrogens (tertiary/aromatic N) is 2. The van der Waals surface area contributed by atoms with Crippen LogP contribution >= 0.6 is 0 Å². The summed E-state index contributed by atoms with van der Waals surface area (Å²) < 4.78 is 1.22. The minimum absolute atomic E-state index is 0.267. The van der Waals surface area contributed by atoms with Gasteiger partial charge in [0.25, 0.3) is 0 Å². The number of aromatic nitrogens is 3. The van der Waals surface area contributed by atoms with Gasteiger partial charge in [0.2, 0.25) is 0 Å². The second kappa shape index (κ2) is 3.70. The summed E-state index contributed by atoms with van der Waals surface area (Å²) in [6.45, 7) is 1.55. The number of para-hydroxylation sites is 1. The van der Waals surface area contributed by atoms with Crippen molar-refractivity contribution in [2.45, 2.75) is 13.0 Å². The first-order valence-electron chi connectivity index (χ1n) is 4.61. The smallest absolute Gasteiger partial charge is 0.348 e. The van der Waals surface area contributed by atoms with Crippen LogP contribution in [-0.2, 0) is 0 Å². The van der Waals surface area contributed by atoms with Gasteiger partial charge in [-0.1, -0.05) is 18.2 Å². The second-order valence-electron chi connectivity index (χ2n) is 3.24. The van der Waals surface area contributed by atoms with Gasteiger partial charge in [-0.25, -0.2) is 4.79 Å². The summed E-state index contributed by atoms with van der Waals surface area (Å²) in [7, 11) is 0. The number of hydrogen-bond acceptors (Lipinski definition) is 3. The molecule has 1 unspecified atom stereocenters. The standard InChI is InChI=1S/C10H11N3O2/c1-7(14)9-11-10(15)13(12-9)8-5-3-2-4-6-8/h2-7,14H,1H3,(H,11,12,15). The monoisotopic (exact) mass is 205 g/mol. The van der Waals surface area contributed by atoms with E-state index in [1.54, 1.807) is 19.1 Å². The van der Waals surface area contributed by atoms with Gasteiger partial charge in [-0.15, -0.1) is 5.10 Å². The van der Waals surface area contributed by atoms with Crippen LogP contribution in [0, 0.1) is 0 Å². The number of benzene rings is 1. The predicted octanol–water partition coefficient (Wildman–Crippen LogP) is 0.614. The number of hydrogen-bond donors (Lipinski definition) is 2. The number of aliphatic hydroxyl groups is 1. The largest absolute Gasteiger partial charge is 0.385 e. The lowest BCUT2D eigenvalue weighted by Gasteiger charge is -1.98. The minimum atomic E-state index is -0.775. The summed E-state index contributed by atoms with van der Waals surface area (Å²) in [5.41, 5.74) is 0.322. The van der Waals surface area contributed by atoms with Crippen molar-refractivity contribution in [1.29, 1.82) is 0 Å². The molecule has 5 nitrogen and oxygen atoms in total. The summed E-state index contributed by atoms with van der Waals surface area (Å²) in [5, 5.41) is 13.2. The van der Waals surface area contributed by atoms with Gasteiger partial charge in [-0.3, -0.25) is 4.98 Å². The highest BCUT2D eigenvalue weighted by atomic mass is 16.3. The summed E-state index contributed by atoms with van der Waals surface area (Å²) in [6.07, 6.45) is -0.775. The molecule has 15 heavy (non-hydrogen) atoms. The van der Waals surface area contributed by atoms with Crippen molar-refractivity contribution in [3.8, 4) is 5.69 Å². The maximum atomic E-state index is 11.5. The number of aromatic amines is 1. The molecule has 78 valence electrons. The fourth-order valence-electron chi connectivity index (χ4n) is 1.27. The molecule has 1 aromatic heterocycles. The Kier molecular flexibility index (Phi) is 2.39. The van der Waals surface area contributed by atoms with Gasteiger partial charge in [0.1, 0.15) is 6.10 Å². The Hall–Kier alpha value is -1.88. The van der Waals surface area contributed by atoms with E-state index in [1.165, 1.54) is 4.68 Å². The van der Waals surface area contributed by atoms with Gasteiger partial charge in [0.05, 0.1) is 5.69 Å². The van der Waals surface area contributed by atoms with Crippen molar-refractivity contribution in [1.82, 2.24) is 14.8 Å². The highest BCUT2D eigenvalue weighted by molar-refractivity contribution is 5.29. The van der Waals surface area contributed by atoms with Crippen LogP contribution in [0.25, 0.3) is 5.69 Å². The molecule has 5 heteroatoms. The van der Waals surface area contributed by atoms with E-state index in [0.29, 0.717) is 5.69 Å². The topological polar surface area (TPSA) is 70.9 Å². The molecule has 0 amide bonds. The van der Waals surface area contributed by atoms with Gasteiger partial charge in [0, 0.05) is 0 Å². The van der Waals surface area contributed by atoms with E-state index in [4.69, 9.17) is 0 Å². The number of nitrogens with one attached hydrogen (secondary N) is 1. The van der Waals surface area contributed by atoms with Crippen LogP contribution in [0.4, 0.5) is 0 Å². The Morgan fingerprint density at radius 1 is 1.40 bits per heavy atom. The molecular weight excluding hydrogens is 194 g/mol. The first-order chi connectivity index (χ1) is 7.18. The maximum absolute atomic E-state index is 11.5. The van der Waals surface area contributed by atoms with Crippen molar-refractivity contribution in [2.75, 3.05) is 0 Å². The van der Waals surface area contributed by atoms with E-state index in [0.717, 1.165) is 0 Å². The van der Waals surface area contributed by atoms with Gasteiger partial charge < -0.3 is 5.11 Å². The molecule has 0 aliphatic rings. The highest BCUT2D eigenvalue weighted by Crippen LogP contribution is 2.06. The summed E-state index contributed by atoms with van der Waals surface area (Å²) in [6, 6.07) is 9.04. The van der Waals surface area contributed by atoms with Crippen LogP contribution in [0.15, 0.2) is 35.1 Å². The fraction of sp³-hybridized carbons (Fsp3) is 0.200. The zero-order chi connectivity index (χ0) is 10.8. The molecule has 0 fully saturated rings. The molecular formula is C10H11N3O2. The maximum Gasteiger partial charge on any atom is 0.348 e. The number of aliphatic hydroxyl groups excluding tert-OH is 1. The molecule has 0 saturated carbocycles. The summed E-state index contributed by atoms with van der Waals surface area (Å²) in [5.74, 6) is 0.267. The molecule has 1 heterocycles. The van der Waals surface area contributed by atoms with Crippen LogP contribution in [-0.4, -0.2) is 19.9 Å². The van der Waals surface area contributed by atoms with Crippen molar-refractivity contribution in [3.63, 3.8) is 0 Å². The SMILES string of the molecule is CC(O)c1nn(-c2ccccc2)c(=O)[nH]1. The zero-order valence-corrected chi connectivity index (χ0v) is 8.21. The molecule has 0 aliphatic carbocycles. The molecule has 0 spiro atoms. The van der Waals surface area contributed by atoms with Crippen molar-refractivity contribution < 1.29 is 5.11 Å². The average Bonchev–Trinajstić information content (AvgIpc) is 2.62. The van der Waals surface area contributed by atoms with Gasteiger partial charge in [0.15, 0.2) is 5.82 Å². The molecule has 2 rings (SSSR count). The Balaban J connectivity index is 2.50. The lowest BCUT2D eigenvalue weighted by molar-refractivity contribution is 0.189. The Morgan fingerprint density at radius 3 is 2.60 bits per heavy atom. The van der Waals surface area contributed by atoms with Crippen LogP contribution in [0.5, 0.6) is 0 Å². The Bertz CT molecular complexity index is 499. The van der Waals surface area contributed by atoms with E-state index in [9.17, 15) is 9.90 Å². The normalized spacial score (nSPS) is 12.7. The van der Waals surface area contributed by atoms with Crippen LogP contribution < -0.4 is 5.69 Å². The van der Waals surface area contributed by atoms with Crippen LogP contribution in [0.2, 0.25) is 0 Å². The molecule has 1 aromatic carbocycles. The molecule has 0 aliphatic heterocycles. The Labute approximate surface area is 86.0 Å². The Morgan fingerprint density at radius 2 is 2.07 bits per heavy atom.